The fourth-order valence-electron chi connectivity index (χ4n) is 3.89. The molecule has 1 aliphatic rings. The molecule has 0 bridgehead atoms. The summed E-state index contributed by atoms with van der Waals surface area (Å²) >= 11 is 0. The fourth-order valence-corrected chi connectivity index (χ4v) is 3.89. The van der Waals surface area contributed by atoms with Gasteiger partial charge in [0.25, 0.3) is 0 Å². The van der Waals surface area contributed by atoms with Gasteiger partial charge in [-0.05, 0) is 30.5 Å². The molecule has 0 radical (unpaired) electrons. The van der Waals surface area contributed by atoms with Crippen molar-refractivity contribution in [1.29, 1.82) is 0 Å². The minimum Gasteiger partial charge on any atom is -0.457 e. The number of nitrogen functional groups attached to an aromatic ring is 1. The number of aromatic nitrogens is 3. The van der Waals surface area contributed by atoms with Gasteiger partial charge in [-0.1, -0.05) is 42.5 Å². The molecule has 3 heterocycles. The maximum atomic E-state index is 13.0. The number of carbonyl (C=O) groups is 1. The predicted octanol–water partition coefficient (Wildman–Crippen LogP) is 3.70. The molecule has 5 rings (SSSR count). The van der Waals surface area contributed by atoms with Crippen molar-refractivity contribution in [2.24, 2.45) is 0 Å². The zero-order valence-electron chi connectivity index (χ0n) is 16.5. The molecular weight excluding hydrogens is 380 g/mol. The third kappa shape index (κ3) is 3.37. The number of ether oxygens (including phenoxy) is 2. The van der Waals surface area contributed by atoms with Crippen LogP contribution in [0.1, 0.15) is 28.8 Å². The summed E-state index contributed by atoms with van der Waals surface area (Å²) in [5, 5.41) is 0. The van der Waals surface area contributed by atoms with Gasteiger partial charge >= 0.3 is 5.97 Å². The Bertz CT molecular complexity index is 1210. The number of nitrogens with zero attached hydrogens (tertiary/aromatic N) is 3. The Hall–Kier alpha value is -3.45. The summed E-state index contributed by atoms with van der Waals surface area (Å²) < 4.78 is 13.2. The van der Waals surface area contributed by atoms with Gasteiger partial charge in [0.1, 0.15) is 23.5 Å². The number of anilines is 1. The second-order valence-corrected chi connectivity index (χ2v) is 7.45. The third-order valence-electron chi connectivity index (χ3n) is 5.42. The van der Waals surface area contributed by atoms with Crippen molar-refractivity contribution in [2.45, 2.75) is 32.1 Å². The van der Waals surface area contributed by atoms with Gasteiger partial charge < -0.3 is 19.8 Å². The predicted molar refractivity (Wildman–Crippen MR) is 114 cm³/mol. The van der Waals surface area contributed by atoms with E-state index in [-0.39, 0.29) is 18.3 Å². The molecule has 1 fully saturated rings. The summed E-state index contributed by atoms with van der Waals surface area (Å²) in [5.41, 5.74) is 10.1. The van der Waals surface area contributed by atoms with E-state index in [1.165, 1.54) is 0 Å². The van der Waals surface area contributed by atoms with Crippen molar-refractivity contribution in [3.63, 3.8) is 0 Å². The van der Waals surface area contributed by atoms with Crippen LogP contribution in [0.5, 0.6) is 0 Å². The smallest absolute Gasteiger partial charge is 0.344 e. The minimum atomic E-state index is -0.503. The molecule has 0 amide bonds. The van der Waals surface area contributed by atoms with Crippen LogP contribution in [0.15, 0.2) is 54.6 Å². The van der Waals surface area contributed by atoms with E-state index in [2.05, 4.69) is 0 Å². The number of nitrogens with two attached hydrogens (primary N) is 1. The lowest BCUT2D eigenvalue weighted by Crippen LogP contribution is -2.17. The zero-order valence-corrected chi connectivity index (χ0v) is 16.5. The van der Waals surface area contributed by atoms with E-state index in [1.807, 2.05) is 59.2 Å². The molecule has 7 nitrogen and oxygen atoms in total. The average Bonchev–Trinajstić information content (AvgIpc) is 3.38. The Morgan fingerprint density at radius 1 is 1.10 bits per heavy atom. The molecule has 1 aliphatic heterocycles. The van der Waals surface area contributed by atoms with E-state index in [1.54, 1.807) is 0 Å². The van der Waals surface area contributed by atoms with Crippen LogP contribution in [0.3, 0.4) is 0 Å². The Labute approximate surface area is 173 Å². The van der Waals surface area contributed by atoms with Gasteiger partial charge in [-0.2, -0.15) is 0 Å². The highest BCUT2D eigenvalue weighted by Gasteiger charge is 2.27. The van der Waals surface area contributed by atoms with Crippen molar-refractivity contribution >= 4 is 34.0 Å². The van der Waals surface area contributed by atoms with Crippen LogP contribution in [0.2, 0.25) is 0 Å². The lowest BCUT2D eigenvalue weighted by atomic mass is 10.2. The van der Waals surface area contributed by atoms with Gasteiger partial charge in [-0.25, -0.2) is 14.8 Å². The summed E-state index contributed by atoms with van der Waals surface area (Å²) in [4.78, 5) is 22.5. The molecule has 4 aromatic rings. The number of fused-ring (bicyclic) bond motifs is 2. The molecule has 7 heteroatoms. The SMILES string of the molecule is Nc1c(C(=O)OCc2ccccc2)c2nc3ccccc3nc2n1C[C@@H]1CCCO1. The number of esters is 1. The molecule has 1 atom stereocenters. The van der Waals surface area contributed by atoms with E-state index in [9.17, 15) is 4.79 Å². The standard InChI is InChI=1S/C23H22N4O3/c24-21-19(23(28)30-14-15-7-2-1-3-8-15)20-22(27(21)13-16-9-6-12-29-16)26-18-11-5-4-10-17(18)25-20/h1-5,7-8,10-11,16H,6,9,12-14,24H2/t16-/m0/s1. The first-order valence-corrected chi connectivity index (χ1v) is 10.1. The number of para-hydroxylation sites is 2. The molecule has 30 heavy (non-hydrogen) atoms. The van der Waals surface area contributed by atoms with Gasteiger partial charge in [-0.3, -0.25) is 0 Å². The molecule has 2 aromatic carbocycles. The number of carbonyl (C=O) groups excluding carboxylic acids is 1. The molecule has 152 valence electrons. The quantitative estimate of drug-likeness (QED) is 0.512. The van der Waals surface area contributed by atoms with Crippen molar-refractivity contribution in [3.8, 4) is 0 Å². The summed E-state index contributed by atoms with van der Waals surface area (Å²) in [6.45, 7) is 1.43. The third-order valence-corrected chi connectivity index (χ3v) is 5.42. The van der Waals surface area contributed by atoms with Crippen molar-refractivity contribution in [1.82, 2.24) is 14.5 Å². The van der Waals surface area contributed by atoms with E-state index < -0.39 is 5.97 Å². The van der Waals surface area contributed by atoms with Crippen LogP contribution < -0.4 is 5.73 Å². The van der Waals surface area contributed by atoms with E-state index in [0.29, 0.717) is 29.0 Å². The number of hydrogen-bond donors (Lipinski definition) is 1. The largest absolute Gasteiger partial charge is 0.457 e. The molecule has 0 saturated carbocycles. The van der Waals surface area contributed by atoms with E-state index >= 15 is 0 Å². The van der Waals surface area contributed by atoms with Gasteiger partial charge in [0.05, 0.1) is 23.7 Å². The molecule has 2 aromatic heterocycles. The first-order valence-electron chi connectivity index (χ1n) is 10.1. The van der Waals surface area contributed by atoms with Crippen molar-refractivity contribution in [2.75, 3.05) is 12.3 Å². The molecule has 0 spiro atoms. The van der Waals surface area contributed by atoms with Crippen LogP contribution in [0.25, 0.3) is 22.2 Å². The first kappa shape index (κ1) is 18.6. The van der Waals surface area contributed by atoms with Gasteiger partial charge in [-0.15, -0.1) is 0 Å². The Morgan fingerprint density at radius 3 is 2.57 bits per heavy atom. The molecule has 0 aliphatic carbocycles. The van der Waals surface area contributed by atoms with Crippen LogP contribution in [-0.2, 0) is 22.6 Å². The number of hydrogen-bond acceptors (Lipinski definition) is 6. The highest BCUT2D eigenvalue weighted by atomic mass is 16.5. The second-order valence-electron chi connectivity index (χ2n) is 7.45. The second kappa shape index (κ2) is 7.76. The first-order chi connectivity index (χ1) is 14.7. The Morgan fingerprint density at radius 2 is 1.83 bits per heavy atom. The maximum absolute atomic E-state index is 13.0. The molecule has 1 saturated heterocycles. The molecular formula is C23H22N4O3. The lowest BCUT2D eigenvalue weighted by Gasteiger charge is -2.13. The Balaban J connectivity index is 1.57. The van der Waals surface area contributed by atoms with Gasteiger partial charge in [0.2, 0.25) is 0 Å². The average molecular weight is 402 g/mol. The zero-order chi connectivity index (χ0) is 20.5. The molecule has 2 N–H and O–H groups in total. The topological polar surface area (TPSA) is 92.3 Å². The number of rotatable bonds is 5. The highest BCUT2D eigenvalue weighted by Crippen LogP contribution is 2.30. The lowest BCUT2D eigenvalue weighted by molar-refractivity contribution is 0.0475. The number of benzene rings is 2. The maximum Gasteiger partial charge on any atom is 0.344 e. The molecule has 0 unspecified atom stereocenters. The van der Waals surface area contributed by atoms with E-state index in [0.717, 1.165) is 30.5 Å². The summed E-state index contributed by atoms with van der Waals surface area (Å²) in [6.07, 6.45) is 2.02. The van der Waals surface area contributed by atoms with Crippen molar-refractivity contribution < 1.29 is 14.3 Å². The highest BCUT2D eigenvalue weighted by molar-refractivity contribution is 6.08. The summed E-state index contributed by atoms with van der Waals surface area (Å²) in [7, 11) is 0. The monoisotopic (exact) mass is 402 g/mol. The summed E-state index contributed by atoms with van der Waals surface area (Å²) in [5.74, 6) is -0.189. The summed E-state index contributed by atoms with van der Waals surface area (Å²) in [6, 6.07) is 17.1. The van der Waals surface area contributed by atoms with Gasteiger partial charge in [0.15, 0.2) is 5.65 Å². The van der Waals surface area contributed by atoms with Crippen LogP contribution in [-0.4, -0.2) is 33.2 Å². The van der Waals surface area contributed by atoms with Crippen LogP contribution >= 0.6 is 0 Å². The minimum absolute atomic E-state index is 0.0457. The van der Waals surface area contributed by atoms with Gasteiger partial charge in [0, 0.05) is 6.61 Å². The van der Waals surface area contributed by atoms with Crippen LogP contribution in [0.4, 0.5) is 5.82 Å². The van der Waals surface area contributed by atoms with Crippen LogP contribution in [0, 0.1) is 0 Å². The van der Waals surface area contributed by atoms with Crippen molar-refractivity contribution in [3.05, 3.63) is 65.7 Å². The van der Waals surface area contributed by atoms with E-state index in [4.69, 9.17) is 25.2 Å². The normalized spacial score (nSPS) is 16.3. The fraction of sp³-hybridized carbons (Fsp3) is 0.261. The Kier molecular flexibility index (Phi) is 4.80.